The van der Waals surface area contributed by atoms with Crippen LogP contribution in [0.5, 0.6) is 0 Å². The molecular formula is C20H27N3O2S2. The molecule has 0 N–H and O–H groups in total. The zero-order valence-electron chi connectivity index (χ0n) is 16.2. The summed E-state index contributed by atoms with van der Waals surface area (Å²) in [5.41, 5.74) is 1.43. The Morgan fingerprint density at radius 2 is 2.04 bits per heavy atom. The van der Waals surface area contributed by atoms with Crippen molar-refractivity contribution in [2.45, 2.75) is 76.6 Å². The minimum atomic E-state index is 0.167. The number of thiophene rings is 1. The number of carbonyl (C=O) groups excluding carboxylic acids is 1. The number of amides is 1. The molecule has 0 bridgehead atoms. The van der Waals surface area contributed by atoms with E-state index >= 15 is 0 Å². The Morgan fingerprint density at radius 1 is 1.26 bits per heavy atom. The third-order valence-corrected chi connectivity index (χ3v) is 7.78. The molecule has 0 unspecified atom stereocenters. The maximum absolute atomic E-state index is 12.6. The van der Waals surface area contributed by atoms with E-state index in [2.05, 4.69) is 37.0 Å². The molecule has 2 aliphatic rings. The first-order chi connectivity index (χ1) is 13.0. The summed E-state index contributed by atoms with van der Waals surface area (Å²) in [7, 11) is 0. The Hall–Kier alpha value is -1.34. The van der Waals surface area contributed by atoms with E-state index in [1.165, 1.54) is 35.0 Å². The van der Waals surface area contributed by atoms with Gasteiger partial charge in [0.2, 0.25) is 5.91 Å². The van der Waals surface area contributed by atoms with Crippen LogP contribution in [0.15, 0.2) is 15.7 Å². The Labute approximate surface area is 168 Å². The van der Waals surface area contributed by atoms with Gasteiger partial charge in [-0.3, -0.25) is 4.79 Å². The summed E-state index contributed by atoms with van der Waals surface area (Å²) in [4.78, 5) is 17.2. The van der Waals surface area contributed by atoms with Gasteiger partial charge in [-0.05, 0) is 69.9 Å². The number of aromatic nitrogens is 2. The summed E-state index contributed by atoms with van der Waals surface area (Å²) in [5.74, 6) is 1.85. The molecule has 146 valence electrons. The average molecular weight is 406 g/mol. The summed E-state index contributed by atoms with van der Waals surface area (Å²) in [6, 6.07) is 2.85. The van der Waals surface area contributed by atoms with Crippen LogP contribution in [0.25, 0.3) is 10.8 Å². The van der Waals surface area contributed by atoms with Crippen molar-refractivity contribution < 1.29 is 9.21 Å². The number of thioether (sulfide) groups is 1. The Bertz CT molecular complexity index is 806. The van der Waals surface area contributed by atoms with Gasteiger partial charge >= 0.3 is 0 Å². The summed E-state index contributed by atoms with van der Waals surface area (Å²) in [6.45, 7) is 6.59. The average Bonchev–Trinajstić information content (AvgIpc) is 3.26. The third-order valence-electron chi connectivity index (χ3n) is 5.75. The normalized spacial score (nSPS) is 25.4. The number of hydrogen-bond acceptors (Lipinski definition) is 6. The molecule has 3 heterocycles. The number of likely N-dealkylation sites (tertiary alicyclic amines) is 1. The van der Waals surface area contributed by atoms with Crippen LogP contribution in [-0.4, -0.2) is 38.8 Å². The van der Waals surface area contributed by atoms with Gasteiger partial charge in [0.15, 0.2) is 0 Å². The lowest BCUT2D eigenvalue weighted by Crippen LogP contribution is -2.48. The number of rotatable bonds is 4. The Balaban J connectivity index is 1.39. The number of hydrogen-bond donors (Lipinski definition) is 0. The monoisotopic (exact) mass is 405 g/mol. The van der Waals surface area contributed by atoms with Crippen molar-refractivity contribution in [2.75, 3.05) is 5.75 Å². The van der Waals surface area contributed by atoms with Crippen LogP contribution in [0.3, 0.4) is 0 Å². The highest BCUT2D eigenvalue weighted by Gasteiger charge is 2.29. The van der Waals surface area contributed by atoms with Gasteiger partial charge in [0.1, 0.15) is 0 Å². The predicted octanol–water partition coefficient (Wildman–Crippen LogP) is 4.80. The molecule has 1 amide bonds. The van der Waals surface area contributed by atoms with Crippen LogP contribution in [0.4, 0.5) is 0 Å². The van der Waals surface area contributed by atoms with Crippen molar-refractivity contribution in [1.82, 2.24) is 15.1 Å². The quantitative estimate of drug-likeness (QED) is 0.684. The minimum Gasteiger partial charge on any atom is -0.410 e. The molecule has 1 saturated heterocycles. The maximum atomic E-state index is 12.6. The molecule has 1 aliphatic carbocycles. The number of piperidine rings is 1. The molecule has 0 spiro atoms. The van der Waals surface area contributed by atoms with Gasteiger partial charge in [0, 0.05) is 17.0 Å². The van der Waals surface area contributed by atoms with Gasteiger partial charge in [0.05, 0.1) is 10.6 Å². The summed E-state index contributed by atoms with van der Waals surface area (Å²) >= 11 is 3.12. The summed E-state index contributed by atoms with van der Waals surface area (Å²) < 4.78 is 5.85. The van der Waals surface area contributed by atoms with Crippen LogP contribution in [0.2, 0.25) is 0 Å². The summed E-state index contributed by atoms with van der Waals surface area (Å²) in [6.07, 6.45) is 6.93. The molecule has 0 radical (unpaired) electrons. The topological polar surface area (TPSA) is 59.2 Å². The highest BCUT2D eigenvalue weighted by molar-refractivity contribution is 7.99. The number of aryl methyl sites for hydroxylation is 1. The van der Waals surface area contributed by atoms with Crippen LogP contribution in [0, 0.1) is 5.92 Å². The highest BCUT2D eigenvalue weighted by Crippen LogP contribution is 2.37. The van der Waals surface area contributed by atoms with E-state index in [1.807, 2.05) is 4.90 Å². The van der Waals surface area contributed by atoms with E-state index < -0.39 is 0 Å². The predicted molar refractivity (Wildman–Crippen MR) is 109 cm³/mol. The van der Waals surface area contributed by atoms with Crippen molar-refractivity contribution in [3.8, 4) is 10.8 Å². The van der Waals surface area contributed by atoms with Gasteiger partial charge in [-0.25, -0.2) is 0 Å². The Morgan fingerprint density at radius 3 is 2.81 bits per heavy atom. The van der Waals surface area contributed by atoms with E-state index in [0.717, 1.165) is 36.5 Å². The van der Waals surface area contributed by atoms with Crippen molar-refractivity contribution >= 4 is 29.0 Å². The largest absolute Gasteiger partial charge is 0.410 e. The molecule has 0 aromatic carbocycles. The molecule has 1 fully saturated rings. The summed E-state index contributed by atoms with van der Waals surface area (Å²) in [5, 5.41) is 8.85. The van der Waals surface area contributed by atoms with E-state index in [1.54, 1.807) is 11.3 Å². The third kappa shape index (κ3) is 4.09. The second kappa shape index (κ2) is 7.95. The highest BCUT2D eigenvalue weighted by atomic mass is 32.2. The lowest BCUT2D eigenvalue weighted by molar-refractivity contribution is -0.134. The number of carbonyl (C=O) groups is 1. The zero-order valence-corrected chi connectivity index (χ0v) is 17.9. The molecule has 4 rings (SSSR count). The lowest BCUT2D eigenvalue weighted by Gasteiger charge is -2.39. The first kappa shape index (κ1) is 19.0. The maximum Gasteiger partial charge on any atom is 0.277 e. The van der Waals surface area contributed by atoms with E-state index in [9.17, 15) is 4.79 Å². The van der Waals surface area contributed by atoms with Crippen LogP contribution >= 0.6 is 23.1 Å². The molecule has 7 heteroatoms. The van der Waals surface area contributed by atoms with Crippen molar-refractivity contribution in [2.24, 2.45) is 5.92 Å². The van der Waals surface area contributed by atoms with Crippen LogP contribution in [0.1, 0.15) is 56.9 Å². The molecule has 3 atom stereocenters. The van der Waals surface area contributed by atoms with Crippen molar-refractivity contribution in [3.63, 3.8) is 0 Å². The van der Waals surface area contributed by atoms with Crippen molar-refractivity contribution in [3.05, 3.63) is 16.5 Å². The number of fused-ring (bicyclic) bond motifs is 1. The van der Waals surface area contributed by atoms with Gasteiger partial charge in [-0.2, -0.15) is 0 Å². The molecule has 2 aromatic rings. The van der Waals surface area contributed by atoms with E-state index in [-0.39, 0.29) is 5.91 Å². The fourth-order valence-electron chi connectivity index (χ4n) is 4.29. The van der Waals surface area contributed by atoms with Gasteiger partial charge < -0.3 is 9.32 Å². The molecular weight excluding hydrogens is 378 g/mol. The first-order valence-electron chi connectivity index (χ1n) is 9.90. The van der Waals surface area contributed by atoms with Gasteiger partial charge in [0.25, 0.3) is 11.1 Å². The second-order valence-electron chi connectivity index (χ2n) is 8.00. The molecule has 2 aromatic heterocycles. The van der Waals surface area contributed by atoms with Gasteiger partial charge in [-0.1, -0.05) is 18.7 Å². The number of nitrogens with zero attached hydrogens (tertiary/aromatic N) is 3. The van der Waals surface area contributed by atoms with Crippen LogP contribution < -0.4 is 0 Å². The SMILES string of the molecule is C[C@@H]1CCc2sc(-c3nnc(SCC(=O)N4[C@@H](C)CCC[C@@H]4C)o3)cc2C1. The molecule has 5 nitrogen and oxygen atoms in total. The second-order valence-corrected chi connectivity index (χ2v) is 10.1. The molecule has 0 saturated carbocycles. The smallest absolute Gasteiger partial charge is 0.277 e. The van der Waals surface area contributed by atoms with E-state index in [0.29, 0.717) is 29.0 Å². The fourth-order valence-corrected chi connectivity index (χ4v) is 6.05. The fraction of sp³-hybridized carbons (Fsp3) is 0.650. The standard InChI is InChI=1S/C20H27N3O2S2/c1-12-7-8-16-15(9-12)10-17(27-16)19-21-22-20(25-19)26-11-18(24)23-13(2)5-4-6-14(23)3/h10,12-14H,4-9,11H2,1-3H3/t12-,13+,14+/m1/s1. The molecule has 27 heavy (non-hydrogen) atoms. The van der Waals surface area contributed by atoms with Crippen molar-refractivity contribution in [1.29, 1.82) is 0 Å². The van der Waals surface area contributed by atoms with Crippen LogP contribution in [-0.2, 0) is 17.6 Å². The Kier molecular flexibility index (Phi) is 5.60. The molecule has 1 aliphatic heterocycles. The first-order valence-corrected chi connectivity index (χ1v) is 11.7. The van der Waals surface area contributed by atoms with Gasteiger partial charge in [-0.15, -0.1) is 21.5 Å². The lowest BCUT2D eigenvalue weighted by atomic mass is 9.90. The minimum absolute atomic E-state index is 0.167. The zero-order chi connectivity index (χ0) is 19.0. The van der Waals surface area contributed by atoms with E-state index in [4.69, 9.17) is 4.42 Å².